The number of rotatable bonds is 4. The van der Waals surface area contributed by atoms with Gasteiger partial charge in [-0.2, -0.15) is 0 Å². The summed E-state index contributed by atoms with van der Waals surface area (Å²) in [7, 11) is -2.64. The molecule has 0 saturated heterocycles. The van der Waals surface area contributed by atoms with E-state index in [1.165, 1.54) is 16.5 Å². The lowest BCUT2D eigenvalue weighted by atomic mass is 10.1. The minimum Gasteiger partial charge on any atom is -0.285 e. The quantitative estimate of drug-likeness (QED) is 0.703. The first-order chi connectivity index (χ1) is 10.6. The number of aromatic nitrogens is 1. The average Bonchev–Trinajstić information content (AvgIpc) is 2.94. The smallest absolute Gasteiger partial charge is 0.0600 e. The largest absolute Gasteiger partial charge is 0.285 e. The van der Waals surface area contributed by atoms with Crippen LogP contribution in [0.15, 0.2) is 59.6 Å². The topological polar surface area (TPSA) is 22.0 Å². The molecule has 1 heterocycles. The lowest BCUT2D eigenvalue weighted by Gasteiger charge is -2.27. The van der Waals surface area contributed by atoms with Gasteiger partial charge in [-0.05, 0) is 60.2 Å². The van der Waals surface area contributed by atoms with E-state index in [9.17, 15) is 4.21 Å². The first-order valence-electron chi connectivity index (χ1n) is 7.80. The maximum absolute atomic E-state index is 13.9. The fourth-order valence-electron chi connectivity index (χ4n) is 3.03. The molecule has 0 amide bonds. The van der Waals surface area contributed by atoms with Gasteiger partial charge >= 0.3 is 0 Å². The normalized spacial score (nSPS) is 12.7. The van der Waals surface area contributed by atoms with Gasteiger partial charge < -0.3 is 0 Å². The maximum atomic E-state index is 13.9. The van der Waals surface area contributed by atoms with Gasteiger partial charge in [-0.3, -0.25) is 8.18 Å². The summed E-state index contributed by atoms with van der Waals surface area (Å²) in [5, 5.41) is 1.19. The van der Waals surface area contributed by atoms with Gasteiger partial charge in [-0.1, -0.05) is 36.8 Å². The zero-order valence-corrected chi connectivity index (χ0v) is 14.3. The van der Waals surface area contributed by atoms with Gasteiger partial charge in [0.1, 0.15) is 0 Å². The third-order valence-corrected chi connectivity index (χ3v) is 7.45. The third-order valence-electron chi connectivity index (χ3n) is 4.24. The molecule has 0 aliphatic heterocycles. The van der Waals surface area contributed by atoms with Crippen molar-refractivity contribution >= 4 is 21.0 Å². The van der Waals surface area contributed by atoms with E-state index in [1.54, 1.807) is 0 Å². The van der Waals surface area contributed by atoms with Crippen LogP contribution in [-0.2, 0) is 10.1 Å². The molecule has 3 heteroatoms. The third kappa shape index (κ3) is 2.40. The van der Waals surface area contributed by atoms with Crippen molar-refractivity contribution in [3.05, 3.63) is 65.9 Å². The van der Waals surface area contributed by atoms with Crippen molar-refractivity contribution in [1.29, 1.82) is 0 Å². The van der Waals surface area contributed by atoms with Crippen LogP contribution >= 0.6 is 0 Å². The summed E-state index contributed by atoms with van der Waals surface area (Å²) in [6, 6.07) is 16.4. The van der Waals surface area contributed by atoms with Crippen LogP contribution in [0.3, 0.4) is 0 Å². The SMILES string of the molecule is CCC[SH](=O)(c1ccc(C)cc1)n1ccc2c(C)cccc21. The van der Waals surface area contributed by atoms with Crippen molar-refractivity contribution in [1.82, 2.24) is 3.97 Å². The molecule has 3 aromatic rings. The van der Waals surface area contributed by atoms with E-state index in [4.69, 9.17) is 0 Å². The van der Waals surface area contributed by atoms with Crippen LogP contribution in [0.1, 0.15) is 24.5 Å². The Morgan fingerprint density at radius 1 is 1.00 bits per heavy atom. The summed E-state index contributed by atoms with van der Waals surface area (Å²) in [5.41, 5.74) is 3.49. The molecule has 0 spiro atoms. The van der Waals surface area contributed by atoms with E-state index in [-0.39, 0.29) is 0 Å². The van der Waals surface area contributed by atoms with Crippen molar-refractivity contribution < 1.29 is 4.21 Å². The molecule has 0 bridgehead atoms. The van der Waals surface area contributed by atoms with Crippen molar-refractivity contribution in [2.24, 2.45) is 0 Å². The summed E-state index contributed by atoms with van der Waals surface area (Å²) < 4.78 is 15.9. The van der Waals surface area contributed by atoms with Crippen LogP contribution in [-0.4, -0.2) is 13.9 Å². The molecule has 0 saturated carbocycles. The molecule has 0 radical (unpaired) electrons. The number of aryl methyl sites for hydroxylation is 2. The summed E-state index contributed by atoms with van der Waals surface area (Å²) in [6.07, 6.45) is 2.89. The molecule has 0 fully saturated rings. The molecule has 22 heavy (non-hydrogen) atoms. The molecule has 3 rings (SSSR count). The van der Waals surface area contributed by atoms with Gasteiger partial charge in [0.05, 0.1) is 5.52 Å². The Hall–Kier alpha value is -1.87. The van der Waals surface area contributed by atoms with Crippen LogP contribution in [0, 0.1) is 13.8 Å². The van der Waals surface area contributed by atoms with E-state index < -0.39 is 10.1 Å². The Morgan fingerprint density at radius 2 is 1.73 bits per heavy atom. The highest BCUT2D eigenvalue weighted by Crippen LogP contribution is 2.29. The zero-order chi connectivity index (χ0) is 15.7. The minimum absolute atomic E-state index is 0.688. The first kappa shape index (κ1) is 15.0. The summed E-state index contributed by atoms with van der Waals surface area (Å²) in [5.74, 6) is 0.688. The molecule has 0 aliphatic carbocycles. The zero-order valence-electron chi connectivity index (χ0n) is 13.4. The number of benzene rings is 2. The Labute approximate surface area is 133 Å². The lowest BCUT2D eigenvalue weighted by molar-refractivity contribution is 0.662. The van der Waals surface area contributed by atoms with Gasteiger partial charge in [0, 0.05) is 22.2 Å². The Bertz CT molecular complexity index is 846. The molecule has 0 unspecified atom stereocenters. The number of thiol groups is 1. The fraction of sp³-hybridized carbons (Fsp3) is 0.263. The fourth-order valence-corrected chi connectivity index (χ4v) is 5.78. The number of fused-ring (bicyclic) bond motifs is 1. The molecular formula is C19H23NOS. The van der Waals surface area contributed by atoms with Gasteiger partial charge in [0.15, 0.2) is 0 Å². The van der Waals surface area contributed by atoms with E-state index in [2.05, 4.69) is 51.1 Å². The monoisotopic (exact) mass is 313 g/mol. The molecule has 0 atom stereocenters. The van der Waals surface area contributed by atoms with Crippen molar-refractivity contribution in [2.45, 2.75) is 32.1 Å². The molecule has 0 N–H and O–H groups in total. The predicted molar refractivity (Wildman–Crippen MR) is 96.2 cm³/mol. The molecular weight excluding hydrogens is 290 g/mol. The van der Waals surface area contributed by atoms with E-state index in [0.29, 0.717) is 5.75 Å². The van der Waals surface area contributed by atoms with E-state index in [0.717, 1.165) is 16.8 Å². The van der Waals surface area contributed by atoms with Crippen LogP contribution in [0.25, 0.3) is 10.9 Å². The van der Waals surface area contributed by atoms with E-state index >= 15 is 0 Å². The molecule has 2 aromatic carbocycles. The summed E-state index contributed by atoms with van der Waals surface area (Å²) in [6.45, 7) is 6.25. The number of hydrogen-bond acceptors (Lipinski definition) is 1. The van der Waals surface area contributed by atoms with Crippen molar-refractivity contribution in [3.63, 3.8) is 0 Å². The maximum Gasteiger partial charge on any atom is 0.0600 e. The molecule has 116 valence electrons. The first-order valence-corrected chi connectivity index (χ1v) is 9.64. The summed E-state index contributed by atoms with van der Waals surface area (Å²) >= 11 is 0. The lowest BCUT2D eigenvalue weighted by Crippen LogP contribution is -2.25. The molecule has 2 nitrogen and oxygen atoms in total. The molecule has 1 aromatic heterocycles. The highest BCUT2D eigenvalue weighted by atomic mass is 32.3. The van der Waals surface area contributed by atoms with Gasteiger partial charge in [0.2, 0.25) is 0 Å². The Balaban J connectivity index is 2.24. The van der Waals surface area contributed by atoms with Crippen LogP contribution < -0.4 is 0 Å². The van der Waals surface area contributed by atoms with E-state index in [1.807, 2.05) is 28.4 Å². The standard InChI is InChI=1S/C19H23NOS/c1-4-14-22(21,17-10-8-15(2)9-11-17)20-13-12-18-16(3)6-5-7-19(18)20/h5-13,22H,4,14H2,1-3H3. The van der Waals surface area contributed by atoms with Gasteiger partial charge in [-0.25, -0.2) is 0 Å². The van der Waals surface area contributed by atoms with Crippen molar-refractivity contribution in [2.75, 3.05) is 5.75 Å². The highest BCUT2D eigenvalue weighted by Gasteiger charge is 2.20. The second kappa shape index (κ2) is 5.73. The van der Waals surface area contributed by atoms with Gasteiger partial charge in [0.25, 0.3) is 0 Å². The highest BCUT2D eigenvalue weighted by molar-refractivity contribution is 8.01. The Kier molecular flexibility index (Phi) is 3.92. The Morgan fingerprint density at radius 3 is 2.41 bits per heavy atom. The van der Waals surface area contributed by atoms with Gasteiger partial charge in [-0.15, -0.1) is 0 Å². The van der Waals surface area contributed by atoms with Crippen molar-refractivity contribution in [3.8, 4) is 0 Å². The van der Waals surface area contributed by atoms with Crippen LogP contribution in [0.2, 0.25) is 0 Å². The predicted octanol–water partition coefficient (Wildman–Crippen LogP) is 4.51. The second-order valence-electron chi connectivity index (χ2n) is 5.93. The summed E-state index contributed by atoms with van der Waals surface area (Å²) in [4.78, 5) is 0.943. The number of hydrogen-bond donors (Lipinski definition) is 1. The number of nitrogens with zero attached hydrogens (tertiary/aromatic N) is 1. The second-order valence-corrected chi connectivity index (χ2v) is 8.73. The van der Waals surface area contributed by atoms with Crippen LogP contribution in [0.5, 0.6) is 0 Å². The molecule has 0 aliphatic rings. The minimum atomic E-state index is -2.64. The van der Waals surface area contributed by atoms with Crippen LogP contribution in [0.4, 0.5) is 0 Å². The average molecular weight is 313 g/mol.